The van der Waals surface area contributed by atoms with Crippen LogP contribution in [0.1, 0.15) is 18.3 Å². The van der Waals surface area contributed by atoms with Crippen molar-refractivity contribution in [3.63, 3.8) is 0 Å². The lowest BCUT2D eigenvalue weighted by atomic mass is 10.1. The number of hydrogen-bond acceptors (Lipinski definition) is 2. The number of carbonyl (C=O) groups is 1. The number of imidazole rings is 1. The number of H-pyrrole nitrogens is 1. The quantitative estimate of drug-likeness (QED) is 0.601. The van der Waals surface area contributed by atoms with Crippen LogP contribution < -0.4 is 0 Å². The van der Waals surface area contributed by atoms with Gasteiger partial charge in [0.05, 0.1) is 18.6 Å². The molecule has 0 aliphatic carbocycles. The third-order valence-corrected chi connectivity index (χ3v) is 2.23. The summed E-state index contributed by atoms with van der Waals surface area (Å²) in [7, 11) is 0. The van der Waals surface area contributed by atoms with Crippen molar-refractivity contribution in [2.75, 3.05) is 6.54 Å². The summed E-state index contributed by atoms with van der Waals surface area (Å²) < 4.78 is 0. The van der Waals surface area contributed by atoms with E-state index in [-0.39, 0.29) is 5.91 Å². The van der Waals surface area contributed by atoms with Crippen LogP contribution in [0.25, 0.3) is 0 Å². The Morgan fingerprint density at radius 2 is 2.58 bits per heavy atom. The molecule has 64 valence electrons. The van der Waals surface area contributed by atoms with Gasteiger partial charge in [0.2, 0.25) is 5.91 Å². The van der Waals surface area contributed by atoms with E-state index >= 15 is 0 Å². The summed E-state index contributed by atoms with van der Waals surface area (Å²) in [6.45, 7) is 3.07. The number of fused-ring (bicyclic) bond motifs is 1. The molecule has 2 heterocycles. The van der Waals surface area contributed by atoms with Gasteiger partial charge in [-0.2, -0.15) is 0 Å². The first kappa shape index (κ1) is 7.34. The molecule has 0 spiro atoms. The van der Waals surface area contributed by atoms with E-state index in [1.807, 2.05) is 4.90 Å². The zero-order valence-electron chi connectivity index (χ0n) is 7.00. The summed E-state index contributed by atoms with van der Waals surface area (Å²) in [5, 5.41) is 0. The summed E-state index contributed by atoms with van der Waals surface area (Å²) in [6, 6.07) is 0. The summed E-state index contributed by atoms with van der Waals surface area (Å²) in [5.41, 5.74) is 2.18. The number of carbonyl (C=O) groups excluding carboxylic acids is 1. The molecule has 1 aromatic heterocycles. The highest BCUT2D eigenvalue weighted by atomic mass is 16.2. The number of nitrogens with zero attached hydrogens (tertiary/aromatic N) is 2. The average Bonchev–Trinajstić information content (AvgIpc) is 2.49. The lowest BCUT2D eigenvalue weighted by molar-refractivity contribution is -0.129. The van der Waals surface area contributed by atoms with E-state index in [1.165, 1.54) is 5.69 Å². The monoisotopic (exact) mass is 165 g/mol. The summed E-state index contributed by atoms with van der Waals surface area (Å²) in [6.07, 6.45) is 2.59. The Morgan fingerprint density at radius 1 is 1.75 bits per heavy atom. The topological polar surface area (TPSA) is 49.0 Å². The highest BCUT2D eigenvalue weighted by Crippen LogP contribution is 2.14. The van der Waals surface area contributed by atoms with Crippen LogP contribution in [0.15, 0.2) is 6.33 Å². The Morgan fingerprint density at radius 3 is 3.33 bits per heavy atom. The lowest BCUT2D eigenvalue weighted by Crippen LogP contribution is -2.34. The van der Waals surface area contributed by atoms with Gasteiger partial charge in [-0.25, -0.2) is 4.98 Å². The maximum Gasteiger partial charge on any atom is 0.219 e. The molecule has 2 rings (SSSR count). The SMILES string of the molecule is CC(=O)N1CCc2[nH]cnc2C1. The van der Waals surface area contributed by atoms with Gasteiger partial charge in [-0.3, -0.25) is 4.79 Å². The fraction of sp³-hybridized carbons (Fsp3) is 0.500. The van der Waals surface area contributed by atoms with Gasteiger partial charge >= 0.3 is 0 Å². The van der Waals surface area contributed by atoms with Crippen LogP contribution in [-0.2, 0) is 17.8 Å². The minimum atomic E-state index is 0.128. The average molecular weight is 165 g/mol. The van der Waals surface area contributed by atoms with E-state index in [2.05, 4.69) is 9.97 Å². The van der Waals surface area contributed by atoms with Gasteiger partial charge in [0.25, 0.3) is 0 Å². The normalized spacial score (nSPS) is 15.9. The van der Waals surface area contributed by atoms with Crippen molar-refractivity contribution in [2.45, 2.75) is 19.9 Å². The van der Waals surface area contributed by atoms with Crippen LogP contribution in [0.2, 0.25) is 0 Å². The number of hydrogen-bond donors (Lipinski definition) is 1. The molecule has 12 heavy (non-hydrogen) atoms. The number of rotatable bonds is 0. The Hall–Kier alpha value is -1.32. The first-order valence-corrected chi connectivity index (χ1v) is 4.04. The van der Waals surface area contributed by atoms with Crippen molar-refractivity contribution in [1.82, 2.24) is 14.9 Å². The van der Waals surface area contributed by atoms with Crippen molar-refractivity contribution in [3.05, 3.63) is 17.7 Å². The fourth-order valence-electron chi connectivity index (χ4n) is 1.48. The maximum absolute atomic E-state index is 11.0. The van der Waals surface area contributed by atoms with E-state index in [0.717, 1.165) is 18.7 Å². The molecule has 4 heteroatoms. The first-order valence-electron chi connectivity index (χ1n) is 4.04. The minimum Gasteiger partial charge on any atom is -0.348 e. The van der Waals surface area contributed by atoms with E-state index in [0.29, 0.717) is 6.54 Å². The molecule has 1 aliphatic heterocycles. The standard InChI is InChI=1S/C8H11N3O/c1-6(12)11-3-2-7-8(4-11)10-5-9-7/h5H,2-4H2,1H3,(H,9,10). The number of aromatic amines is 1. The van der Waals surface area contributed by atoms with Crippen molar-refractivity contribution < 1.29 is 4.79 Å². The molecular weight excluding hydrogens is 154 g/mol. The van der Waals surface area contributed by atoms with Gasteiger partial charge in [-0.1, -0.05) is 0 Å². The van der Waals surface area contributed by atoms with E-state index in [4.69, 9.17) is 0 Å². The molecule has 1 N–H and O–H groups in total. The molecule has 1 amide bonds. The van der Waals surface area contributed by atoms with Crippen LogP contribution >= 0.6 is 0 Å². The van der Waals surface area contributed by atoms with Crippen LogP contribution in [-0.4, -0.2) is 27.3 Å². The Balaban J connectivity index is 2.20. The molecule has 4 nitrogen and oxygen atoms in total. The minimum absolute atomic E-state index is 0.128. The van der Waals surface area contributed by atoms with Crippen LogP contribution in [0.3, 0.4) is 0 Å². The Bertz CT molecular complexity index is 305. The lowest BCUT2D eigenvalue weighted by Gasteiger charge is -2.24. The number of nitrogens with one attached hydrogen (secondary N) is 1. The van der Waals surface area contributed by atoms with Gasteiger partial charge in [0.1, 0.15) is 0 Å². The Kier molecular flexibility index (Phi) is 1.60. The van der Waals surface area contributed by atoms with Crippen molar-refractivity contribution >= 4 is 5.91 Å². The molecule has 0 bridgehead atoms. The Labute approximate surface area is 70.6 Å². The zero-order valence-corrected chi connectivity index (χ0v) is 7.00. The molecule has 0 saturated heterocycles. The first-order chi connectivity index (χ1) is 5.77. The number of amides is 1. The van der Waals surface area contributed by atoms with Crippen molar-refractivity contribution in [2.24, 2.45) is 0 Å². The van der Waals surface area contributed by atoms with Gasteiger partial charge in [-0.05, 0) is 0 Å². The molecule has 0 atom stereocenters. The second-order valence-electron chi connectivity index (χ2n) is 3.02. The van der Waals surface area contributed by atoms with Crippen LogP contribution in [0.4, 0.5) is 0 Å². The smallest absolute Gasteiger partial charge is 0.219 e. The number of aromatic nitrogens is 2. The molecule has 1 aliphatic rings. The molecular formula is C8H11N3O. The molecule has 1 aromatic rings. The summed E-state index contributed by atoms with van der Waals surface area (Å²) in [4.78, 5) is 20.0. The predicted octanol–water partition coefficient (Wildman–Crippen LogP) is 0.314. The second kappa shape index (κ2) is 2.62. The van der Waals surface area contributed by atoms with Gasteiger partial charge in [-0.15, -0.1) is 0 Å². The highest BCUT2D eigenvalue weighted by Gasteiger charge is 2.19. The molecule has 0 fully saturated rings. The largest absolute Gasteiger partial charge is 0.348 e. The maximum atomic E-state index is 11.0. The third kappa shape index (κ3) is 1.09. The summed E-state index contributed by atoms with van der Waals surface area (Å²) >= 11 is 0. The van der Waals surface area contributed by atoms with Crippen LogP contribution in [0, 0.1) is 0 Å². The second-order valence-corrected chi connectivity index (χ2v) is 3.02. The van der Waals surface area contributed by atoms with E-state index in [9.17, 15) is 4.79 Å². The van der Waals surface area contributed by atoms with Gasteiger partial charge < -0.3 is 9.88 Å². The van der Waals surface area contributed by atoms with E-state index in [1.54, 1.807) is 13.3 Å². The highest BCUT2D eigenvalue weighted by molar-refractivity contribution is 5.73. The predicted molar refractivity (Wildman–Crippen MR) is 43.4 cm³/mol. The molecule has 0 unspecified atom stereocenters. The molecule has 0 radical (unpaired) electrons. The van der Waals surface area contributed by atoms with Crippen molar-refractivity contribution in [1.29, 1.82) is 0 Å². The summed E-state index contributed by atoms with van der Waals surface area (Å²) in [5.74, 6) is 0.128. The van der Waals surface area contributed by atoms with Gasteiger partial charge in [0, 0.05) is 25.6 Å². The van der Waals surface area contributed by atoms with Crippen molar-refractivity contribution in [3.8, 4) is 0 Å². The zero-order chi connectivity index (χ0) is 8.55. The fourth-order valence-corrected chi connectivity index (χ4v) is 1.48. The molecule has 0 aromatic carbocycles. The van der Waals surface area contributed by atoms with E-state index < -0.39 is 0 Å². The molecule has 0 saturated carbocycles. The van der Waals surface area contributed by atoms with Crippen LogP contribution in [0.5, 0.6) is 0 Å². The van der Waals surface area contributed by atoms with Gasteiger partial charge in [0.15, 0.2) is 0 Å². The third-order valence-electron chi connectivity index (χ3n) is 2.23.